The molecule has 0 unspecified atom stereocenters. The van der Waals surface area contributed by atoms with Gasteiger partial charge >= 0.3 is 5.97 Å². The molecule has 0 spiro atoms. The van der Waals surface area contributed by atoms with Crippen molar-refractivity contribution in [2.24, 2.45) is 11.3 Å². The molecule has 1 aliphatic carbocycles. The van der Waals surface area contributed by atoms with E-state index < -0.39 is 0 Å². The molecule has 1 aromatic carbocycles. The van der Waals surface area contributed by atoms with Crippen molar-refractivity contribution >= 4 is 5.97 Å². The Morgan fingerprint density at radius 2 is 2.07 bits per heavy atom. The topological polar surface area (TPSA) is 26.3 Å². The fourth-order valence-electron chi connectivity index (χ4n) is 2.71. The van der Waals surface area contributed by atoms with Crippen LogP contribution in [0.15, 0.2) is 30.3 Å². The van der Waals surface area contributed by atoms with Gasteiger partial charge < -0.3 is 4.74 Å². The third-order valence-electron chi connectivity index (χ3n) is 3.70. The summed E-state index contributed by atoms with van der Waals surface area (Å²) >= 11 is 0. The van der Waals surface area contributed by atoms with Crippen LogP contribution < -0.4 is 0 Å². The van der Waals surface area contributed by atoms with E-state index in [1.54, 1.807) is 0 Å². The number of carbonyl (C=O) groups excluding carboxylic acids is 1. The lowest BCUT2D eigenvalue weighted by atomic mass is 10.0. The lowest BCUT2D eigenvalue weighted by molar-refractivity contribution is -0.144. The van der Waals surface area contributed by atoms with E-state index in [4.69, 9.17) is 4.74 Å². The van der Waals surface area contributed by atoms with E-state index >= 15 is 0 Å². The summed E-state index contributed by atoms with van der Waals surface area (Å²) in [4.78, 5) is 11.5. The first-order valence-electron chi connectivity index (χ1n) is 4.97. The molecule has 2 fully saturated rings. The fraction of sp³-hybridized carbons (Fsp3) is 0.417. The van der Waals surface area contributed by atoms with Crippen molar-refractivity contribution in [1.29, 1.82) is 0 Å². The number of esters is 1. The standard InChI is InChI=1S/C12H12O2/c1-12-9(7-14-11(12)13)10(12)8-5-3-2-4-6-8/h2-6,9-10H,7H2,1H3/t9-,10-,12-/m0/s1. The fourth-order valence-corrected chi connectivity index (χ4v) is 2.71. The van der Waals surface area contributed by atoms with Crippen LogP contribution in [0, 0.1) is 11.3 Å². The van der Waals surface area contributed by atoms with Crippen molar-refractivity contribution in [3.8, 4) is 0 Å². The van der Waals surface area contributed by atoms with E-state index in [9.17, 15) is 4.79 Å². The number of rotatable bonds is 1. The average Bonchev–Trinajstić information content (AvgIpc) is 2.72. The van der Waals surface area contributed by atoms with Gasteiger partial charge in [-0.15, -0.1) is 0 Å². The molecule has 1 saturated carbocycles. The number of carbonyl (C=O) groups is 1. The molecule has 3 rings (SSSR count). The van der Waals surface area contributed by atoms with Gasteiger partial charge in [0, 0.05) is 11.8 Å². The Morgan fingerprint density at radius 3 is 2.64 bits per heavy atom. The monoisotopic (exact) mass is 188 g/mol. The average molecular weight is 188 g/mol. The molecule has 2 aliphatic rings. The second-order valence-corrected chi connectivity index (χ2v) is 4.38. The van der Waals surface area contributed by atoms with Crippen LogP contribution in [-0.4, -0.2) is 12.6 Å². The molecule has 0 aromatic heterocycles. The number of cyclic esters (lactones) is 1. The molecule has 1 aromatic rings. The molecule has 1 saturated heterocycles. The Hall–Kier alpha value is -1.31. The van der Waals surface area contributed by atoms with Gasteiger partial charge in [0.15, 0.2) is 0 Å². The van der Waals surface area contributed by atoms with Crippen molar-refractivity contribution in [2.75, 3.05) is 6.61 Å². The maximum atomic E-state index is 11.5. The number of hydrogen-bond acceptors (Lipinski definition) is 2. The van der Waals surface area contributed by atoms with Crippen molar-refractivity contribution in [3.05, 3.63) is 35.9 Å². The Labute approximate surface area is 82.9 Å². The van der Waals surface area contributed by atoms with E-state index in [-0.39, 0.29) is 11.4 Å². The quantitative estimate of drug-likeness (QED) is 0.630. The zero-order chi connectivity index (χ0) is 9.76. The van der Waals surface area contributed by atoms with Gasteiger partial charge in [-0.2, -0.15) is 0 Å². The first-order chi connectivity index (χ1) is 6.74. The van der Waals surface area contributed by atoms with E-state index in [1.165, 1.54) is 5.56 Å². The van der Waals surface area contributed by atoms with Crippen LogP contribution in [0.1, 0.15) is 18.4 Å². The van der Waals surface area contributed by atoms with Gasteiger partial charge in [0.2, 0.25) is 0 Å². The van der Waals surface area contributed by atoms with Crippen LogP contribution in [0.3, 0.4) is 0 Å². The number of fused-ring (bicyclic) bond motifs is 1. The van der Waals surface area contributed by atoms with Crippen molar-refractivity contribution in [2.45, 2.75) is 12.8 Å². The number of hydrogen-bond donors (Lipinski definition) is 0. The molecular formula is C12H12O2. The maximum Gasteiger partial charge on any atom is 0.312 e. The highest BCUT2D eigenvalue weighted by Gasteiger charge is 2.71. The van der Waals surface area contributed by atoms with Gasteiger partial charge in [-0.1, -0.05) is 30.3 Å². The molecule has 0 radical (unpaired) electrons. The van der Waals surface area contributed by atoms with Crippen LogP contribution >= 0.6 is 0 Å². The molecule has 72 valence electrons. The van der Waals surface area contributed by atoms with Crippen LogP contribution in [0.25, 0.3) is 0 Å². The summed E-state index contributed by atoms with van der Waals surface area (Å²) < 4.78 is 5.03. The maximum absolute atomic E-state index is 11.5. The molecule has 1 heterocycles. The second kappa shape index (κ2) is 2.38. The summed E-state index contributed by atoms with van der Waals surface area (Å²) in [6.07, 6.45) is 0. The molecule has 3 atom stereocenters. The molecule has 2 heteroatoms. The molecule has 0 N–H and O–H groups in total. The zero-order valence-corrected chi connectivity index (χ0v) is 8.07. The summed E-state index contributed by atoms with van der Waals surface area (Å²) in [5.41, 5.74) is 1.05. The molecule has 0 amide bonds. The van der Waals surface area contributed by atoms with Crippen molar-refractivity contribution in [3.63, 3.8) is 0 Å². The largest absolute Gasteiger partial charge is 0.465 e. The Bertz CT molecular complexity index is 385. The van der Waals surface area contributed by atoms with E-state index in [2.05, 4.69) is 12.1 Å². The van der Waals surface area contributed by atoms with Gasteiger partial charge in [0.1, 0.15) is 0 Å². The minimum Gasteiger partial charge on any atom is -0.465 e. The summed E-state index contributed by atoms with van der Waals surface area (Å²) in [5, 5.41) is 0. The third kappa shape index (κ3) is 0.788. The predicted molar refractivity (Wildman–Crippen MR) is 51.7 cm³/mol. The normalized spacial score (nSPS) is 39.1. The summed E-state index contributed by atoms with van der Waals surface area (Å²) in [6.45, 7) is 2.62. The van der Waals surface area contributed by atoms with Crippen LogP contribution in [0.5, 0.6) is 0 Å². The summed E-state index contributed by atoms with van der Waals surface area (Å²) in [6, 6.07) is 10.3. The highest BCUT2D eigenvalue weighted by Crippen LogP contribution is 2.68. The Kier molecular flexibility index (Phi) is 1.37. The number of ether oxygens (including phenoxy) is 1. The van der Waals surface area contributed by atoms with Crippen LogP contribution in [-0.2, 0) is 9.53 Å². The Balaban J connectivity index is 1.96. The van der Waals surface area contributed by atoms with Crippen molar-refractivity contribution in [1.82, 2.24) is 0 Å². The zero-order valence-electron chi connectivity index (χ0n) is 8.07. The molecule has 2 nitrogen and oxygen atoms in total. The lowest BCUT2D eigenvalue weighted by Gasteiger charge is -2.07. The van der Waals surface area contributed by atoms with Crippen LogP contribution in [0.4, 0.5) is 0 Å². The van der Waals surface area contributed by atoms with Gasteiger partial charge in [-0.3, -0.25) is 4.79 Å². The summed E-state index contributed by atoms with van der Waals surface area (Å²) in [5.74, 6) is 0.790. The SMILES string of the molecule is C[C@]12C(=O)OC[C@H]1[C@@H]2c1ccccc1. The van der Waals surface area contributed by atoms with Crippen LogP contribution in [0.2, 0.25) is 0 Å². The molecule has 0 bridgehead atoms. The highest BCUT2D eigenvalue weighted by molar-refractivity contribution is 5.85. The van der Waals surface area contributed by atoms with Gasteiger partial charge in [-0.25, -0.2) is 0 Å². The summed E-state index contributed by atoms with van der Waals surface area (Å²) in [7, 11) is 0. The minimum absolute atomic E-state index is 0.0173. The molecular weight excluding hydrogens is 176 g/mol. The second-order valence-electron chi connectivity index (χ2n) is 4.38. The Morgan fingerprint density at radius 1 is 1.36 bits per heavy atom. The first-order valence-corrected chi connectivity index (χ1v) is 4.97. The predicted octanol–water partition coefficient (Wildman–Crippen LogP) is 1.96. The lowest BCUT2D eigenvalue weighted by Crippen LogP contribution is -2.12. The van der Waals surface area contributed by atoms with E-state index in [0.29, 0.717) is 18.4 Å². The van der Waals surface area contributed by atoms with E-state index in [0.717, 1.165) is 0 Å². The third-order valence-corrected chi connectivity index (χ3v) is 3.70. The first kappa shape index (κ1) is 8.04. The van der Waals surface area contributed by atoms with Gasteiger partial charge in [0.05, 0.1) is 12.0 Å². The minimum atomic E-state index is -0.221. The smallest absolute Gasteiger partial charge is 0.312 e. The van der Waals surface area contributed by atoms with Gasteiger partial charge in [-0.05, 0) is 12.5 Å². The highest BCUT2D eigenvalue weighted by atomic mass is 16.5. The van der Waals surface area contributed by atoms with Gasteiger partial charge in [0.25, 0.3) is 0 Å². The van der Waals surface area contributed by atoms with Crippen molar-refractivity contribution < 1.29 is 9.53 Å². The number of benzene rings is 1. The van der Waals surface area contributed by atoms with E-state index in [1.807, 2.05) is 25.1 Å². The molecule has 14 heavy (non-hydrogen) atoms. The molecule has 1 aliphatic heterocycles.